The van der Waals surface area contributed by atoms with Gasteiger partial charge in [0.25, 0.3) is 0 Å². The van der Waals surface area contributed by atoms with Crippen LogP contribution in [0, 0.1) is 12.3 Å². The Kier molecular flexibility index (Phi) is 19.0. The van der Waals surface area contributed by atoms with Gasteiger partial charge in [-0.15, -0.1) is 11.5 Å². The summed E-state index contributed by atoms with van der Waals surface area (Å²) in [6.45, 7) is 9.19. The van der Waals surface area contributed by atoms with Gasteiger partial charge in [0.15, 0.2) is 0 Å². The zero-order valence-corrected chi connectivity index (χ0v) is 42.6. The third-order valence-corrected chi connectivity index (χ3v) is 15.9. The molecule has 5 aromatic rings. The summed E-state index contributed by atoms with van der Waals surface area (Å²) in [6, 6.07) is 27.2. The van der Waals surface area contributed by atoms with Crippen molar-refractivity contribution in [2.24, 2.45) is 5.11 Å². The van der Waals surface area contributed by atoms with E-state index in [-0.39, 0.29) is 10.8 Å². The Hall–Kier alpha value is -5.11. The van der Waals surface area contributed by atoms with Crippen LogP contribution in [0.2, 0.25) is 0 Å². The first-order chi connectivity index (χ1) is 33.5. The summed E-state index contributed by atoms with van der Waals surface area (Å²) in [5.41, 5.74) is 24.9. The van der Waals surface area contributed by atoms with Gasteiger partial charge in [0.2, 0.25) is 0 Å². The molecule has 1 heterocycles. The van der Waals surface area contributed by atoms with Crippen LogP contribution in [0.15, 0.2) is 84.1 Å². The summed E-state index contributed by atoms with van der Waals surface area (Å²) in [4.78, 5) is 3.21. The molecule has 0 spiro atoms. The molecule has 0 bridgehead atoms. The van der Waals surface area contributed by atoms with Crippen LogP contribution in [0.5, 0.6) is 0 Å². The molecular formula is C62H82N6. The number of azide groups is 1. The van der Waals surface area contributed by atoms with Crippen molar-refractivity contribution >= 4 is 5.69 Å². The number of terminal acetylenes is 1. The van der Waals surface area contributed by atoms with Gasteiger partial charge >= 0.3 is 0 Å². The fourth-order valence-electron chi connectivity index (χ4n) is 12.1. The first-order valence-electron chi connectivity index (χ1n) is 27.5. The number of hydrogen-bond donors (Lipinski definition) is 0. The molecule has 7 rings (SSSR count). The van der Waals surface area contributed by atoms with Crippen molar-refractivity contribution in [2.45, 2.75) is 218 Å². The van der Waals surface area contributed by atoms with E-state index in [4.69, 9.17) is 16.7 Å². The average Bonchev–Trinajstić information content (AvgIpc) is 4.04. The van der Waals surface area contributed by atoms with Gasteiger partial charge in [0, 0.05) is 32.6 Å². The molecule has 4 aromatic carbocycles. The molecule has 0 N–H and O–H groups in total. The van der Waals surface area contributed by atoms with Crippen molar-refractivity contribution in [2.75, 3.05) is 0 Å². The summed E-state index contributed by atoms with van der Waals surface area (Å²) in [6.07, 6.45) is 43.2. The van der Waals surface area contributed by atoms with E-state index in [1.54, 1.807) is 0 Å². The van der Waals surface area contributed by atoms with Gasteiger partial charge in [0.05, 0.1) is 11.9 Å². The molecule has 0 amide bonds. The molecule has 2 aliphatic rings. The van der Waals surface area contributed by atoms with Crippen molar-refractivity contribution in [3.8, 4) is 51.5 Å². The number of fused-ring (bicyclic) bond motifs is 6. The minimum Gasteiger partial charge on any atom is -0.220 e. The summed E-state index contributed by atoms with van der Waals surface area (Å²) in [7, 11) is 0. The Bertz CT molecular complexity index is 2450. The number of hydrogen-bond acceptors (Lipinski definition) is 3. The Morgan fingerprint density at radius 1 is 0.515 bits per heavy atom. The van der Waals surface area contributed by atoms with Crippen LogP contribution in [0.1, 0.15) is 235 Å². The van der Waals surface area contributed by atoms with Gasteiger partial charge in [-0.3, -0.25) is 0 Å². The molecule has 0 atom stereocenters. The van der Waals surface area contributed by atoms with E-state index in [1.807, 2.05) is 10.7 Å². The molecule has 0 aliphatic heterocycles. The highest BCUT2D eigenvalue weighted by atomic mass is 15.4. The molecular weight excluding hydrogens is 829 g/mol. The molecule has 6 nitrogen and oxygen atoms in total. The largest absolute Gasteiger partial charge is 0.220 e. The van der Waals surface area contributed by atoms with Crippen LogP contribution < -0.4 is 0 Å². The molecule has 2 aliphatic carbocycles. The number of rotatable bonds is 31. The zero-order valence-electron chi connectivity index (χ0n) is 42.6. The van der Waals surface area contributed by atoms with Gasteiger partial charge in [-0.1, -0.05) is 234 Å². The highest BCUT2D eigenvalue weighted by Crippen LogP contribution is 2.57. The van der Waals surface area contributed by atoms with Crippen molar-refractivity contribution < 1.29 is 0 Å². The maximum atomic E-state index is 9.51. The number of benzene rings is 4. The second-order valence-corrected chi connectivity index (χ2v) is 20.6. The first-order valence-corrected chi connectivity index (χ1v) is 27.5. The van der Waals surface area contributed by atoms with Gasteiger partial charge in [-0.2, -0.15) is 0 Å². The molecule has 1 aromatic heterocycles. The van der Waals surface area contributed by atoms with Crippen LogP contribution in [-0.2, 0) is 10.8 Å². The molecule has 0 fully saturated rings. The molecule has 6 heteroatoms. The smallest absolute Gasteiger partial charge is 0.113 e. The van der Waals surface area contributed by atoms with Gasteiger partial charge < -0.3 is 0 Å². The molecule has 68 heavy (non-hydrogen) atoms. The normalized spacial score (nSPS) is 13.7. The van der Waals surface area contributed by atoms with E-state index in [1.165, 1.54) is 199 Å². The van der Waals surface area contributed by atoms with Crippen molar-refractivity contribution in [1.82, 2.24) is 15.0 Å². The second-order valence-electron chi connectivity index (χ2n) is 20.6. The van der Waals surface area contributed by atoms with Crippen LogP contribution in [0.25, 0.3) is 49.6 Å². The van der Waals surface area contributed by atoms with E-state index in [0.29, 0.717) is 5.69 Å². The van der Waals surface area contributed by atoms with Crippen molar-refractivity contribution in [3.63, 3.8) is 0 Å². The topological polar surface area (TPSA) is 79.5 Å². The number of nitrogens with zero attached hydrogens (tertiary/aromatic N) is 6. The molecule has 0 saturated heterocycles. The first kappa shape index (κ1) is 50.8. The average molecular weight is 911 g/mol. The molecule has 0 radical (unpaired) electrons. The minimum atomic E-state index is -0.163. The van der Waals surface area contributed by atoms with E-state index < -0.39 is 0 Å². The highest BCUT2D eigenvalue weighted by Gasteiger charge is 2.44. The van der Waals surface area contributed by atoms with Gasteiger partial charge in [-0.25, -0.2) is 4.68 Å². The molecule has 360 valence electrons. The standard InChI is InChI=1S/C62H82N6/c1-6-11-15-19-23-27-39-61(40-28-24-20-16-12-7-2)56-43-48(10-5)31-35-52(56)53-36-32-49(44-57(53)61)60-47-68(67-65-60)51-34-38-55-54-37-33-50(64-66-63)45-58(54)62(59(55)46-51,41-29-25-21-17-13-8-3)42-30-26-22-18-14-9-4/h5,31-38,43-47H,6-9,11-30,39-42H2,1-4H3. The summed E-state index contributed by atoms with van der Waals surface area (Å²) >= 11 is 0. The summed E-state index contributed by atoms with van der Waals surface area (Å²) in [5, 5.41) is 13.9. The van der Waals surface area contributed by atoms with Crippen LogP contribution in [0.4, 0.5) is 5.69 Å². The Balaban J connectivity index is 1.24. The summed E-state index contributed by atoms with van der Waals surface area (Å²) < 4.78 is 2.01. The van der Waals surface area contributed by atoms with E-state index in [2.05, 4.69) is 117 Å². The van der Waals surface area contributed by atoms with Crippen molar-refractivity contribution in [1.29, 1.82) is 0 Å². The lowest BCUT2D eigenvalue weighted by atomic mass is 9.70. The van der Waals surface area contributed by atoms with Crippen LogP contribution in [-0.4, -0.2) is 15.0 Å². The van der Waals surface area contributed by atoms with E-state index >= 15 is 0 Å². The third kappa shape index (κ3) is 11.7. The lowest BCUT2D eigenvalue weighted by molar-refractivity contribution is 0.398. The monoisotopic (exact) mass is 911 g/mol. The highest BCUT2D eigenvalue weighted by molar-refractivity contribution is 5.85. The van der Waals surface area contributed by atoms with E-state index in [0.717, 1.165) is 48.2 Å². The Morgan fingerprint density at radius 3 is 1.44 bits per heavy atom. The van der Waals surface area contributed by atoms with Gasteiger partial charge in [-0.05, 0) is 112 Å². The minimum absolute atomic E-state index is 0.0816. The predicted octanol–water partition coefficient (Wildman–Crippen LogP) is 19.4. The SMILES string of the molecule is C#Cc1ccc2c(c1)C(CCCCCCCC)(CCCCCCCC)c1cc(-c3cn(-c4ccc5c(c4)C(CCCCCCCC)(CCCCCCCC)c4cc(N=[N+]=[N-])ccc4-5)nn3)ccc1-2. The van der Waals surface area contributed by atoms with Crippen molar-refractivity contribution in [3.05, 3.63) is 117 Å². The maximum absolute atomic E-state index is 9.51. The molecule has 0 unspecified atom stereocenters. The lowest BCUT2D eigenvalue weighted by Gasteiger charge is -2.33. The van der Waals surface area contributed by atoms with Crippen LogP contribution in [0.3, 0.4) is 0 Å². The Labute approximate surface area is 411 Å². The maximum Gasteiger partial charge on any atom is 0.113 e. The van der Waals surface area contributed by atoms with E-state index in [9.17, 15) is 5.53 Å². The fourth-order valence-corrected chi connectivity index (χ4v) is 12.1. The second kappa shape index (κ2) is 25.5. The fraction of sp³-hybridized carbons (Fsp3) is 0.548. The molecule has 0 saturated carbocycles. The summed E-state index contributed by atoms with van der Waals surface area (Å²) in [5.74, 6) is 2.99. The number of unbranched alkanes of at least 4 members (excludes halogenated alkanes) is 20. The third-order valence-electron chi connectivity index (χ3n) is 15.9. The Morgan fingerprint density at radius 2 is 0.941 bits per heavy atom. The number of aromatic nitrogens is 3. The van der Waals surface area contributed by atoms with Crippen LogP contribution >= 0.6 is 0 Å². The lowest BCUT2D eigenvalue weighted by Crippen LogP contribution is -2.26. The zero-order chi connectivity index (χ0) is 47.6. The quantitative estimate of drug-likeness (QED) is 0.0146. The van der Waals surface area contributed by atoms with Gasteiger partial charge in [0.1, 0.15) is 5.69 Å². The predicted molar refractivity (Wildman–Crippen MR) is 288 cm³/mol.